The van der Waals surface area contributed by atoms with E-state index in [4.69, 9.17) is 5.73 Å². The molecule has 1 aliphatic carbocycles. The van der Waals surface area contributed by atoms with Crippen LogP contribution < -0.4 is 5.73 Å². The van der Waals surface area contributed by atoms with Gasteiger partial charge in [-0.2, -0.15) is 13.2 Å². The van der Waals surface area contributed by atoms with E-state index in [1.54, 1.807) is 0 Å². The summed E-state index contributed by atoms with van der Waals surface area (Å²) in [6, 6.07) is 0. The van der Waals surface area contributed by atoms with Gasteiger partial charge in [-0.15, -0.1) is 0 Å². The number of halogens is 3. The number of hydrogen-bond acceptors (Lipinski definition) is 1. The molecule has 1 saturated carbocycles. The summed E-state index contributed by atoms with van der Waals surface area (Å²) in [5.41, 5.74) is 3.49. The fourth-order valence-corrected chi connectivity index (χ4v) is 1.98. The van der Waals surface area contributed by atoms with Crippen LogP contribution in [0.5, 0.6) is 0 Å². The Hall–Kier alpha value is -0.250. The first-order valence-electron chi connectivity index (χ1n) is 5.02. The molecule has 2 N–H and O–H groups in total. The number of hydrogen-bond donors (Lipinski definition) is 1. The third-order valence-electron chi connectivity index (χ3n) is 3.29. The van der Waals surface area contributed by atoms with Crippen molar-refractivity contribution in [3.05, 3.63) is 0 Å². The molecule has 1 nitrogen and oxygen atoms in total. The van der Waals surface area contributed by atoms with Crippen molar-refractivity contribution < 1.29 is 13.2 Å². The van der Waals surface area contributed by atoms with Gasteiger partial charge < -0.3 is 5.73 Å². The van der Waals surface area contributed by atoms with Crippen LogP contribution in [0, 0.1) is 5.41 Å². The fourth-order valence-electron chi connectivity index (χ4n) is 1.98. The third-order valence-corrected chi connectivity index (χ3v) is 3.29. The van der Waals surface area contributed by atoms with Crippen LogP contribution in [0.3, 0.4) is 0 Å². The van der Waals surface area contributed by atoms with E-state index in [0.717, 1.165) is 6.42 Å². The Morgan fingerprint density at radius 1 is 1.00 bits per heavy atom. The lowest BCUT2D eigenvalue weighted by Gasteiger charge is -2.31. The quantitative estimate of drug-likeness (QED) is 0.609. The van der Waals surface area contributed by atoms with Crippen molar-refractivity contribution in [1.29, 1.82) is 0 Å². The molecule has 1 unspecified atom stereocenters. The number of nitrogens with two attached hydrogens (primary N) is 1. The summed E-state index contributed by atoms with van der Waals surface area (Å²) in [4.78, 5) is 0. The first-order valence-corrected chi connectivity index (χ1v) is 5.02. The van der Waals surface area contributed by atoms with Crippen LogP contribution in [0.2, 0.25) is 0 Å². The molecular weight excluding hydrogens is 191 g/mol. The zero-order valence-electron chi connectivity index (χ0n) is 8.75. The molecule has 0 radical (unpaired) electrons. The molecule has 0 aromatic heterocycles. The Kier molecular flexibility index (Phi) is 2.87. The normalized spacial score (nSPS) is 33.9. The van der Waals surface area contributed by atoms with Gasteiger partial charge in [0.15, 0.2) is 0 Å². The maximum Gasteiger partial charge on any atom is 0.406 e. The van der Waals surface area contributed by atoms with E-state index in [-0.39, 0.29) is 18.3 Å². The molecule has 0 aromatic carbocycles. The largest absolute Gasteiger partial charge is 0.406 e. The monoisotopic (exact) mass is 209 g/mol. The Morgan fingerprint density at radius 3 is 2.07 bits per heavy atom. The molecule has 84 valence electrons. The van der Waals surface area contributed by atoms with Crippen LogP contribution in [0.1, 0.15) is 46.0 Å². The zero-order valence-corrected chi connectivity index (χ0v) is 8.75. The molecular formula is C10H18F3N. The highest BCUT2D eigenvalue weighted by Gasteiger charge is 2.52. The summed E-state index contributed by atoms with van der Waals surface area (Å²) in [6.07, 6.45) is -2.16. The predicted octanol–water partition coefficient (Wildman–Crippen LogP) is 3.24. The van der Waals surface area contributed by atoms with E-state index < -0.39 is 11.7 Å². The minimum Gasteiger partial charge on any atom is -0.318 e. The van der Waals surface area contributed by atoms with Gasteiger partial charge in [-0.1, -0.05) is 20.3 Å². The topological polar surface area (TPSA) is 26.0 Å². The van der Waals surface area contributed by atoms with Crippen molar-refractivity contribution in [2.75, 3.05) is 0 Å². The van der Waals surface area contributed by atoms with Gasteiger partial charge in [0.05, 0.1) is 0 Å². The van der Waals surface area contributed by atoms with Crippen molar-refractivity contribution in [2.24, 2.45) is 11.1 Å². The molecule has 0 saturated heterocycles. The summed E-state index contributed by atoms with van der Waals surface area (Å²) < 4.78 is 37.9. The number of alkyl halides is 3. The highest BCUT2D eigenvalue weighted by molar-refractivity contribution is 4.95. The Bertz CT molecular complexity index is 210. The van der Waals surface area contributed by atoms with Gasteiger partial charge in [-0.25, -0.2) is 0 Å². The van der Waals surface area contributed by atoms with Gasteiger partial charge in [0.25, 0.3) is 0 Å². The molecule has 1 aliphatic rings. The minimum atomic E-state index is -4.26. The predicted molar refractivity (Wildman–Crippen MR) is 49.8 cm³/mol. The lowest BCUT2D eigenvalue weighted by molar-refractivity contribution is -0.189. The minimum absolute atomic E-state index is 0.00632. The van der Waals surface area contributed by atoms with Crippen molar-refractivity contribution in [3.63, 3.8) is 0 Å². The smallest absolute Gasteiger partial charge is 0.318 e. The summed E-state index contributed by atoms with van der Waals surface area (Å²) in [7, 11) is 0. The zero-order chi connectivity index (χ0) is 11.0. The van der Waals surface area contributed by atoms with E-state index in [0.29, 0.717) is 12.8 Å². The number of rotatable bonds is 0. The van der Waals surface area contributed by atoms with E-state index in [2.05, 4.69) is 0 Å². The van der Waals surface area contributed by atoms with Crippen LogP contribution in [-0.4, -0.2) is 11.7 Å². The Morgan fingerprint density at radius 2 is 1.57 bits per heavy atom. The van der Waals surface area contributed by atoms with E-state index in [9.17, 15) is 13.2 Å². The second kappa shape index (κ2) is 3.40. The van der Waals surface area contributed by atoms with Gasteiger partial charge in [0, 0.05) is 0 Å². The maximum atomic E-state index is 12.6. The second-order valence-electron chi connectivity index (χ2n) is 5.17. The average molecular weight is 209 g/mol. The molecule has 0 spiro atoms. The van der Waals surface area contributed by atoms with E-state index in [1.165, 1.54) is 0 Å². The van der Waals surface area contributed by atoms with Gasteiger partial charge in [-0.3, -0.25) is 0 Å². The molecule has 0 aliphatic heterocycles. The van der Waals surface area contributed by atoms with Gasteiger partial charge in [-0.05, 0) is 31.1 Å². The SMILES string of the molecule is CC1(C)CCCC(N)(C(F)(F)F)CC1. The molecule has 0 heterocycles. The van der Waals surface area contributed by atoms with E-state index in [1.807, 2.05) is 13.8 Å². The van der Waals surface area contributed by atoms with Crippen molar-refractivity contribution in [3.8, 4) is 0 Å². The van der Waals surface area contributed by atoms with Gasteiger partial charge in [0.1, 0.15) is 5.54 Å². The summed E-state index contributed by atoms with van der Waals surface area (Å²) >= 11 is 0. The molecule has 1 fully saturated rings. The lowest BCUT2D eigenvalue weighted by atomic mass is 9.83. The first kappa shape index (κ1) is 11.8. The highest BCUT2D eigenvalue weighted by Crippen LogP contribution is 2.43. The van der Waals surface area contributed by atoms with Crippen molar-refractivity contribution >= 4 is 0 Å². The second-order valence-corrected chi connectivity index (χ2v) is 5.17. The summed E-state index contributed by atoms with van der Waals surface area (Å²) in [6.45, 7) is 4.02. The molecule has 0 aromatic rings. The third kappa shape index (κ3) is 2.41. The summed E-state index contributed by atoms with van der Waals surface area (Å²) in [5, 5.41) is 0. The summed E-state index contributed by atoms with van der Waals surface area (Å²) in [5.74, 6) is 0. The Labute approximate surface area is 82.9 Å². The van der Waals surface area contributed by atoms with E-state index >= 15 is 0 Å². The molecule has 1 atom stereocenters. The van der Waals surface area contributed by atoms with Crippen LogP contribution in [-0.2, 0) is 0 Å². The first-order chi connectivity index (χ1) is 6.16. The maximum absolute atomic E-state index is 12.6. The van der Waals surface area contributed by atoms with Crippen LogP contribution in [0.4, 0.5) is 13.2 Å². The standard InChI is InChI=1S/C10H18F3N/c1-8(2)4-3-5-9(14,7-6-8)10(11,12)13/h3-7,14H2,1-2H3. The van der Waals surface area contributed by atoms with Crippen molar-refractivity contribution in [1.82, 2.24) is 0 Å². The molecule has 1 rings (SSSR count). The highest BCUT2D eigenvalue weighted by atomic mass is 19.4. The molecule has 0 amide bonds. The van der Waals surface area contributed by atoms with Gasteiger partial charge >= 0.3 is 6.18 Å². The average Bonchev–Trinajstić information content (AvgIpc) is 2.10. The fraction of sp³-hybridized carbons (Fsp3) is 1.00. The Balaban J connectivity index is 2.75. The molecule has 4 heteroatoms. The molecule has 14 heavy (non-hydrogen) atoms. The van der Waals surface area contributed by atoms with Crippen LogP contribution in [0.25, 0.3) is 0 Å². The van der Waals surface area contributed by atoms with Crippen molar-refractivity contribution in [2.45, 2.75) is 57.7 Å². The van der Waals surface area contributed by atoms with Gasteiger partial charge in [0.2, 0.25) is 0 Å². The molecule has 0 bridgehead atoms. The van der Waals surface area contributed by atoms with Crippen LogP contribution >= 0.6 is 0 Å². The lowest BCUT2D eigenvalue weighted by Crippen LogP contribution is -2.53. The van der Waals surface area contributed by atoms with Crippen LogP contribution in [0.15, 0.2) is 0 Å².